The Balaban J connectivity index is 1.42. The van der Waals surface area contributed by atoms with Crippen molar-refractivity contribution in [3.63, 3.8) is 0 Å². The summed E-state index contributed by atoms with van der Waals surface area (Å²) in [5.41, 5.74) is 4.38. The van der Waals surface area contributed by atoms with Gasteiger partial charge in [-0.1, -0.05) is 48.5 Å². The number of benzene rings is 2. The molecule has 1 aliphatic rings. The van der Waals surface area contributed by atoms with E-state index in [0.717, 1.165) is 22.3 Å². The van der Waals surface area contributed by atoms with Gasteiger partial charge in [0.05, 0.1) is 5.88 Å². The van der Waals surface area contributed by atoms with Crippen molar-refractivity contribution in [3.05, 3.63) is 59.7 Å². The molecule has 0 saturated carbocycles. The van der Waals surface area contributed by atoms with Crippen LogP contribution in [0.4, 0.5) is 8.68 Å². The van der Waals surface area contributed by atoms with E-state index in [1.54, 1.807) is 0 Å². The molecule has 9 nitrogen and oxygen atoms in total. The molecule has 3 rings (SSSR count). The highest BCUT2D eigenvalue weighted by Gasteiger charge is 2.29. The number of hydrogen-bond donors (Lipinski definition) is 4. The minimum Gasteiger partial charge on any atom is -0.449 e. The summed E-state index contributed by atoms with van der Waals surface area (Å²) < 4.78 is 17.5. The van der Waals surface area contributed by atoms with E-state index in [0.29, 0.717) is 17.4 Å². The number of nitrogens with one attached hydrogen (secondary N) is 4. The summed E-state index contributed by atoms with van der Waals surface area (Å²) in [5, 5.41) is 10.2. The summed E-state index contributed by atoms with van der Waals surface area (Å²) in [6.45, 7) is 4.59. The van der Waals surface area contributed by atoms with E-state index < -0.39 is 41.9 Å². The molecule has 0 aliphatic heterocycles. The molecule has 0 radical (unpaired) electrons. The number of rotatable bonds is 13. The highest BCUT2D eigenvalue weighted by molar-refractivity contribution is 8.01. The van der Waals surface area contributed by atoms with E-state index in [1.807, 2.05) is 48.5 Å². The summed E-state index contributed by atoms with van der Waals surface area (Å²) in [7, 11) is 0. The van der Waals surface area contributed by atoms with E-state index in [9.17, 15) is 23.1 Å². The molecule has 0 fully saturated rings. The summed E-state index contributed by atoms with van der Waals surface area (Å²) in [4.78, 5) is 49.6. The number of thioether (sulfide) groups is 1. The summed E-state index contributed by atoms with van der Waals surface area (Å²) in [5.74, 6) is -0.460. The van der Waals surface area contributed by atoms with Crippen LogP contribution in [0.15, 0.2) is 48.5 Å². The standard InChI is InChI=1S/C27H33FN4O5S2/c1-16(24(33)29-15-38-12-13-39-28)30-25(34)17(2)31-26(35)18(3)32-27(36)37-14-23-21-10-6-4-8-19(21)20-9-5-7-11-22(20)23/h4-11,16-18,23H,12-15H2,1-3H3,(H,29,33)(H,30,34)(H,31,35)(H,32,36)/t16-,17-,18-/m1/s1. The predicted octanol–water partition coefficient (Wildman–Crippen LogP) is 3.35. The van der Waals surface area contributed by atoms with Crippen LogP contribution in [0.5, 0.6) is 0 Å². The Hall–Kier alpha value is -3.25. The van der Waals surface area contributed by atoms with Gasteiger partial charge in [-0.3, -0.25) is 14.4 Å². The Bertz CT molecular complexity index is 1140. The zero-order chi connectivity index (χ0) is 28.4. The smallest absolute Gasteiger partial charge is 0.407 e. The van der Waals surface area contributed by atoms with E-state index in [4.69, 9.17) is 4.74 Å². The zero-order valence-corrected chi connectivity index (χ0v) is 23.6. The summed E-state index contributed by atoms with van der Waals surface area (Å²) >= 11 is 1.60. The number of carbonyl (C=O) groups excluding carboxylic acids is 4. The molecule has 12 heteroatoms. The normalized spacial score (nSPS) is 14.3. The molecule has 2 aromatic carbocycles. The molecule has 0 aromatic heterocycles. The molecular weight excluding hydrogens is 543 g/mol. The Morgan fingerprint density at radius 1 is 0.795 bits per heavy atom. The van der Waals surface area contributed by atoms with E-state index in [-0.39, 0.29) is 24.7 Å². The summed E-state index contributed by atoms with van der Waals surface area (Å²) in [6, 6.07) is 13.2. The number of ether oxygens (including phenoxy) is 1. The van der Waals surface area contributed by atoms with Gasteiger partial charge in [0.1, 0.15) is 24.7 Å². The molecule has 0 unspecified atom stereocenters. The average molecular weight is 577 g/mol. The largest absolute Gasteiger partial charge is 0.449 e. The minimum absolute atomic E-state index is 0.108. The number of amides is 4. The second-order valence-electron chi connectivity index (χ2n) is 9.06. The molecule has 210 valence electrons. The number of hydrogen-bond acceptors (Lipinski definition) is 7. The van der Waals surface area contributed by atoms with Crippen molar-refractivity contribution in [3.8, 4) is 11.1 Å². The first-order valence-electron chi connectivity index (χ1n) is 12.5. The predicted molar refractivity (Wildman–Crippen MR) is 152 cm³/mol. The fourth-order valence-corrected chi connectivity index (χ4v) is 5.24. The van der Waals surface area contributed by atoms with Gasteiger partial charge in [0, 0.05) is 29.6 Å². The van der Waals surface area contributed by atoms with Gasteiger partial charge in [0.15, 0.2) is 0 Å². The van der Waals surface area contributed by atoms with E-state index >= 15 is 0 Å². The van der Waals surface area contributed by atoms with E-state index in [1.165, 1.54) is 32.5 Å². The minimum atomic E-state index is -0.962. The molecule has 0 bridgehead atoms. The number of carbonyl (C=O) groups is 4. The highest BCUT2D eigenvalue weighted by atomic mass is 32.2. The van der Waals surface area contributed by atoms with Gasteiger partial charge in [-0.2, -0.15) is 3.89 Å². The van der Waals surface area contributed by atoms with Gasteiger partial charge in [-0.05, 0) is 43.0 Å². The number of halogens is 1. The molecule has 4 N–H and O–H groups in total. The third-order valence-corrected chi connectivity index (χ3v) is 7.69. The Morgan fingerprint density at radius 3 is 1.87 bits per heavy atom. The summed E-state index contributed by atoms with van der Waals surface area (Å²) in [6.07, 6.45) is -0.745. The van der Waals surface area contributed by atoms with Crippen LogP contribution in [0.3, 0.4) is 0 Å². The lowest BCUT2D eigenvalue weighted by atomic mass is 9.98. The lowest BCUT2D eigenvalue weighted by Gasteiger charge is -2.21. The second-order valence-corrected chi connectivity index (χ2v) is 10.8. The van der Waals surface area contributed by atoms with Crippen molar-refractivity contribution in [1.82, 2.24) is 21.3 Å². The van der Waals surface area contributed by atoms with Crippen LogP contribution < -0.4 is 21.3 Å². The highest BCUT2D eigenvalue weighted by Crippen LogP contribution is 2.44. The van der Waals surface area contributed by atoms with Crippen LogP contribution in [0.2, 0.25) is 0 Å². The van der Waals surface area contributed by atoms with Gasteiger partial charge < -0.3 is 26.0 Å². The third-order valence-electron chi connectivity index (χ3n) is 6.23. The lowest BCUT2D eigenvalue weighted by molar-refractivity contribution is -0.131. The first kappa shape index (κ1) is 30.3. The Labute approximate surface area is 236 Å². The maximum atomic E-state index is 12.6. The van der Waals surface area contributed by atoms with Gasteiger partial charge in [-0.15, -0.1) is 11.8 Å². The van der Waals surface area contributed by atoms with Gasteiger partial charge in [-0.25, -0.2) is 4.79 Å². The number of alkyl carbamates (subject to hydrolysis) is 1. The first-order valence-corrected chi connectivity index (χ1v) is 14.6. The van der Waals surface area contributed by atoms with Crippen LogP contribution in [-0.2, 0) is 19.1 Å². The van der Waals surface area contributed by atoms with Crippen molar-refractivity contribution < 1.29 is 27.8 Å². The maximum Gasteiger partial charge on any atom is 0.407 e. The SMILES string of the molecule is C[C@@H](NC(=O)OCC1c2ccccc2-c2ccccc21)C(=O)N[C@H](C)C(=O)N[C@H](C)C(=O)NCSCCSF. The fourth-order valence-electron chi connectivity index (χ4n) is 4.13. The van der Waals surface area contributed by atoms with Crippen LogP contribution in [0.25, 0.3) is 11.1 Å². The van der Waals surface area contributed by atoms with Crippen molar-refractivity contribution in [2.24, 2.45) is 0 Å². The monoisotopic (exact) mass is 576 g/mol. The molecule has 0 spiro atoms. The van der Waals surface area contributed by atoms with Crippen molar-refractivity contribution >= 4 is 47.7 Å². The molecule has 3 atom stereocenters. The van der Waals surface area contributed by atoms with Crippen molar-refractivity contribution in [1.29, 1.82) is 0 Å². The molecule has 2 aromatic rings. The molecule has 0 saturated heterocycles. The van der Waals surface area contributed by atoms with Gasteiger partial charge in [0.25, 0.3) is 0 Å². The maximum absolute atomic E-state index is 12.6. The first-order chi connectivity index (χ1) is 18.7. The van der Waals surface area contributed by atoms with Gasteiger partial charge >= 0.3 is 6.09 Å². The number of fused-ring (bicyclic) bond motifs is 3. The van der Waals surface area contributed by atoms with Crippen molar-refractivity contribution in [2.45, 2.75) is 44.8 Å². The average Bonchev–Trinajstić information content (AvgIpc) is 3.25. The van der Waals surface area contributed by atoms with E-state index in [2.05, 4.69) is 21.3 Å². The molecule has 39 heavy (non-hydrogen) atoms. The Kier molecular flexibility index (Phi) is 11.5. The van der Waals surface area contributed by atoms with Gasteiger partial charge in [0.2, 0.25) is 17.7 Å². The van der Waals surface area contributed by atoms with Crippen LogP contribution >= 0.6 is 23.9 Å². The molecule has 1 aliphatic carbocycles. The lowest BCUT2D eigenvalue weighted by Crippen LogP contribution is -2.54. The third kappa shape index (κ3) is 8.37. The fraction of sp³-hybridized carbons (Fsp3) is 0.407. The van der Waals surface area contributed by atoms with Crippen LogP contribution in [-0.4, -0.2) is 65.9 Å². The molecule has 4 amide bonds. The molecule has 0 heterocycles. The van der Waals surface area contributed by atoms with Crippen molar-refractivity contribution in [2.75, 3.05) is 24.0 Å². The van der Waals surface area contributed by atoms with Crippen LogP contribution in [0.1, 0.15) is 37.8 Å². The molecular formula is C27H33FN4O5S2. The zero-order valence-electron chi connectivity index (χ0n) is 22.0. The van der Waals surface area contributed by atoms with Crippen LogP contribution in [0, 0.1) is 0 Å². The Morgan fingerprint density at radius 2 is 1.31 bits per heavy atom. The topological polar surface area (TPSA) is 126 Å². The second kappa shape index (κ2) is 14.8. The quantitative estimate of drug-likeness (QED) is 0.213.